The van der Waals surface area contributed by atoms with Crippen molar-refractivity contribution in [1.82, 2.24) is 0 Å². The van der Waals surface area contributed by atoms with Gasteiger partial charge in [-0.1, -0.05) is 43.7 Å². The molecule has 0 fully saturated rings. The van der Waals surface area contributed by atoms with Crippen LogP contribution >= 0.6 is 23.2 Å². The Morgan fingerprint density at radius 1 is 1.05 bits per heavy atom. The number of hydrogen-bond acceptors (Lipinski definition) is 1. The van der Waals surface area contributed by atoms with Crippen LogP contribution in [-0.4, -0.2) is 25.0 Å². The maximum Gasteiger partial charge on any atom is 0.0472 e. The molecule has 0 N–H and O–H groups in total. The third-order valence-corrected chi connectivity index (χ3v) is 4.54. The number of unbranched alkanes of at least 4 members (excludes halogenated alkanes) is 1. The van der Waals surface area contributed by atoms with Crippen LogP contribution in [0.5, 0.6) is 0 Å². The van der Waals surface area contributed by atoms with Crippen LogP contribution in [0.4, 0.5) is 0 Å². The summed E-state index contributed by atoms with van der Waals surface area (Å²) >= 11 is 12.3. The number of rotatable bonds is 10. The summed E-state index contributed by atoms with van der Waals surface area (Å²) in [7, 11) is 0. The van der Waals surface area contributed by atoms with E-state index in [1.165, 1.54) is 12.0 Å². The molecule has 3 heteroatoms. The lowest BCUT2D eigenvalue weighted by molar-refractivity contribution is 0.103. The lowest BCUT2D eigenvalue weighted by Gasteiger charge is -2.29. The highest BCUT2D eigenvalue weighted by Gasteiger charge is 2.28. The van der Waals surface area contributed by atoms with Crippen molar-refractivity contribution in [3.05, 3.63) is 35.9 Å². The Kier molecular flexibility index (Phi) is 8.52. The topological polar surface area (TPSA) is 9.23 Å². The second kappa shape index (κ2) is 9.63. The predicted molar refractivity (Wildman–Crippen MR) is 84.4 cm³/mol. The first-order chi connectivity index (χ1) is 9.26. The van der Waals surface area contributed by atoms with Crippen LogP contribution in [0.15, 0.2) is 30.3 Å². The normalized spacial score (nSPS) is 11.7. The number of alkyl halides is 2. The van der Waals surface area contributed by atoms with Crippen LogP contribution in [0.2, 0.25) is 0 Å². The monoisotopic (exact) mass is 302 g/mol. The SMILES string of the molecule is CCCCOCCC(CCl)(CCl)Cc1ccccc1. The van der Waals surface area contributed by atoms with Gasteiger partial charge in [0.05, 0.1) is 0 Å². The highest BCUT2D eigenvalue weighted by Crippen LogP contribution is 2.30. The zero-order chi connectivity index (χ0) is 14.0. The molecule has 0 saturated carbocycles. The fraction of sp³-hybridized carbons (Fsp3) is 0.625. The molecule has 0 aliphatic rings. The van der Waals surface area contributed by atoms with Crippen LogP contribution in [-0.2, 0) is 11.2 Å². The molecule has 1 aromatic carbocycles. The van der Waals surface area contributed by atoms with Crippen molar-refractivity contribution in [3.8, 4) is 0 Å². The van der Waals surface area contributed by atoms with Crippen LogP contribution in [0.3, 0.4) is 0 Å². The molecule has 0 unspecified atom stereocenters. The summed E-state index contributed by atoms with van der Waals surface area (Å²) in [6.07, 6.45) is 4.12. The van der Waals surface area contributed by atoms with Crippen LogP contribution in [0.1, 0.15) is 31.7 Å². The van der Waals surface area contributed by atoms with E-state index in [9.17, 15) is 0 Å². The first-order valence-electron chi connectivity index (χ1n) is 7.00. The van der Waals surface area contributed by atoms with Crippen molar-refractivity contribution >= 4 is 23.2 Å². The van der Waals surface area contributed by atoms with Gasteiger partial charge in [-0.2, -0.15) is 0 Å². The van der Waals surface area contributed by atoms with Gasteiger partial charge in [0.15, 0.2) is 0 Å². The van der Waals surface area contributed by atoms with Crippen molar-refractivity contribution < 1.29 is 4.74 Å². The molecule has 0 heterocycles. The van der Waals surface area contributed by atoms with Crippen molar-refractivity contribution in [2.45, 2.75) is 32.6 Å². The Morgan fingerprint density at radius 2 is 1.74 bits per heavy atom. The van der Waals surface area contributed by atoms with Crippen LogP contribution < -0.4 is 0 Å². The van der Waals surface area contributed by atoms with Gasteiger partial charge in [-0.3, -0.25) is 0 Å². The van der Waals surface area contributed by atoms with E-state index in [1.807, 2.05) is 6.07 Å². The van der Waals surface area contributed by atoms with E-state index in [1.54, 1.807) is 0 Å². The molecule has 0 aliphatic heterocycles. The summed E-state index contributed by atoms with van der Waals surface area (Å²) < 4.78 is 5.65. The smallest absolute Gasteiger partial charge is 0.0472 e. The van der Waals surface area contributed by atoms with E-state index in [4.69, 9.17) is 27.9 Å². The van der Waals surface area contributed by atoms with E-state index >= 15 is 0 Å². The second-order valence-corrected chi connectivity index (χ2v) is 5.68. The maximum atomic E-state index is 6.17. The fourth-order valence-corrected chi connectivity index (χ4v) is 2.76. The Morgan fingerprint density at radius 3 is 2.32 bits per heavy atom. The van der Waals surface area contributed by atoms with Gasteiger partial charge in [-0.15, -0.1) is 23.2 Å². The van der Waals surface area contributed by atoms with Gasteiger partial charge in [0, 0.05) is 30.4 Å². The van der Waals surface area contributed by atoms with E-state index in [2.05, 4.69) is 31.2 Å². The molecule has 0 radical (unpaired) electrons. The van der Waals surface area contributed by atoms with E-state index < -0.39 is 0 Å². The summed E-state index contributed by atoms with van der Waals surface area (Å²) in [6, 6.07) is 10.4. The number of hydrogen-bond donors (Lipinski definition) is 0. The quantitative estimate of drug-likeness (QED) is 0.441. The summed E-state index contributed by atoms with van der Waals surface area (Å²) in [5.41, 5.74) is 1.23. The zero-order valence-electron chi connectivity index (χ0n) is 11.7. The first-order valence-corrected chi connectivity index (χ1v) is 8.07. The summed E-state index contributed by atoms with van der Waals surface area (Å²) in [6.45, 7) is 3.75. The Bertz CT molecular complexity index is 323. The van der Waals surface area contributed by atoms with Gasteiger partial charge < -0.3 is 4.74 Å². The molecule has 0 bridgehead atoms. The molecule has 19 heavy (non-hydrogen) atoms. The van der Waals surface area contributed by atoms with Crippen LogP contribution in [0, 0.1) is 5.41 Å². The molecule has 0 aromatic heterocycles. The minimum Gasteiger partial charge on any atom is -0.381 e. The minimum absolute atomic E-state index is 0.0589. The maximum absolute atomic E-state index is 6.17. The molecule has 1 nitrogen and oxygen atoms in total. The lowest BCUT2D eigenvalue weighted by atomic mass is 9.82. The van der Waals surface area contributed by atoms with Crippen molar-refractivity contribution in [2.75, 3.05) is 25.0 Å². The molecular weight excluding hydrogens is 279 g/mol. The molecule has 0 aliphatic carbocycles. The fourth-order valence-electron chi connectivity index (χ4n) is 2.02. The minimum atomic E-state index is -0.0589. The number of halogens is 2. The van der Waals surface area contributed by atoms with Gasteiger partial charge >= 0.3 is 0 Å². The molecule has 108 valence electrons. The summed E-state index contributed by atoms with van der Waals surface area (Å²) in [5, 5.41) is 0. The summed E-state index contributed by atoms with van der Waals surface area (Å²) in [5.74, 6) is 1.14. The van der Waals surface area contributed by atoms with E-state index in [0.717, 1.165) is 32.5 Å². The predicted octanol–water partition coefficient (Wildman–Crippen LogP) is 4.90. The highest BCUT2D eigenvalue weighted by molar-refractivity contribution is 6.21. The number of benzene rings is 1. The molecule has 0 atom stereocenters. The van der Waals surface area contributed by atoms with Crippen molar-refractivity contribution in [2.24, 2.45) is 5.41 Å². The molecule has 0 amide bonds. The average molecular weight is 303 g/mol. The zero-order valence-corrected chi connectivity index (χ0v) is 13.2. The molecule has 1 rings (SSSR count). The lowest BCUT2D eigenvalue weighted by Crippen LogP contribution is -2.30. The molecular formula is C16H24Cl2O. The Labute approximate surface area is 127 Å². The first kappa shape index (κ1) is 16.8. The average Bonchev–Trinajstić information content (AvgIpc) is 2.47. The van der Waals surface area contributed by atoms with Gasteiger partial charge in [0.1, 0.15) is 0 Å². The van der Waals surface area contributed by atoms with Crippen LogP contribution in [0.25, 0.3) is 0 Å². The largest absolute Gasteiger partial charge is 0.381 e. The van der Waals surface area contributed by atoms with Crippen molar-refractivity contribution in [1.29, 1.82) is 0 Å². The molecule has 0 spiro atoms. The van der Waals surface area contributed by atoms with Gasteiger partial charge in [0.2, 0.25) is 0 Å². The highest BCUT2D eigenvalue weighted by atomic mass is 35.5. The van der Waals surface area contributed by atoms with Crippen molar-refractivity contribution in [3.63, 3.8) is 0 Å². The van der Waals surface area contributed by atoms with Gasteiger partial charge in [0.25, 0.3) is 0 Å². The third kappa shape index (κ3) is 6.16. The van der Waals surface area contributed by atoms with E-state index in [-0.39, 0.29) is 5.41 Å². The third-order valence-electron chi connectivity index (χ3n) is 3.41. The Balaban J connectivity index is 2.49. The molecule has 0 saturated heterocycles. The van der Waals surface area contributed by atoms with Gasteiger partial charge in [-0.25, -0.2) is 0 Å². The van der Waals surface area contributed by atoms with E-state index in [0.29, 0.717) is 11.8 Å². The van der Waals surface area contributed by atoms with Gasteiger partial charge in [-0.05, 0) is 24.8 Å². The second-order valence-electron chi connectivity index (χ2n) is 5.15. The Hall–Kier alpha value is -0.240. The molecule has 1 aromatic rings. The number of ether oxygens (including phenoxy) is 1. The standard InChI is InChI=1S/C16H24Cl2O/c1-2-3-10-19-11-9-16(13-17,14-18)12-15-7-5-4-6-8-15/h4-8H,2-3,9-14H2,1H3. The summed E-state index contributed by atoms with van der Waals surface area (Å²) in [4.78, 5) is 0.